The third-order valence-electron chi connectivity index (χ3n) is 4.51. The van der Waals surface area contributed by atoms with Crippen molar-refractivity contribution >= 4 is 23.1 Å². The Labute approximate surface area is 162 Å². The van der Waals surface area contributed by atoms with E-state index in [1.54, 1.807) is 32.6 Å². The molecule has 5 nitrogen and oxygen atoms in total. The van der Waals surface area contributed by atoms with Gasteiger partial charge in [-0.25, -0.2) is 4.99 Å². The number of aromatic hydroxyl groups is 1. The van der Waals surface area contributed by atoms with Gasteiger partial charge < -0.3 is 19.0 Å². The molecule has 3 aromatic carbocycles. The van der Waals surface area contributed by atoms with Gasteiger partial charge in [0.2, 0.25) is 5.88 Å². The number of methoxy groups -OCH3 is 2. The van der Waals surface area contributed by atoms with Gasteiger partial charge in [0.1, 0.15) is 22.8 Å². The summed E-state index contributed by atoms with van der Waals surface area (Å²) in [6.45, 7) is 0. The minimum atomic E-state index is 0.144. The van der Waals surface area contributed by atoms with Crippen molar-refractivity contribution in [3.8, 4) is 28.4 Å². The molecule has 1 N–H and O–H groups in total. The largest absolute Gasteiger partial charge is 0.507 e. The standard InChI is InChI=1S/C23H19NO4/c1-26-17-12-10-15(11-13-17)21-22-18(25)7-5-9-20(22)28-23(21)24-14-16-6-3-4-8-19(16)27-2/h3-14,25H,1-2H3/b24-14+. The molecule has 1 heterocycles. The molecule has 0 amide bonds. The number of ether oxygens (including phenoxy) is 2. The van der Waals surface area contributed by atoms with Crippen LogP contribution in [0.4, 0.5) is 5.88 Å². The second kappa shape index (κ2) is 7.48. The Morgan fingerprint density at radius 1 is 0.893 bits per heavy atom. The van der Waals surface area contributed by atoms with Crippen LogP contribution in [0.5, 0.6) is 17.2 Å². The van der Waals surface area contributed by atoms with Crippen LogP contribution in [0.2, 0.25) is 0 Å². The van der Waals surface area contributed by atoms with Crippen LogP contribution in [0.3, 0.4) is 0 Å². The molecule has 4 rings (SSSR count). The van der Waals surface area contributed by atoms with Gasteiger partial charge in [0.15, 0.2) is 0 Å². The third kappa shape index (κ3) is 3.18. The van der Waals surface area contributed by atoms with Crippen molar-refractivity contribution in [3.05, 3.63) is 72.3 Å². The van der Waals surface area contributed by atoms with Gasteiger partial charge in [-0.2, -0.15) is 0 Å². The topological polar surface area (TPSA) is 64.2 Å². The zero-order valence-electron chi connectivity index (χ0n) is 15.5. The van der Waals surface area contributed by atoms with Crippen LogP contribution < -0.4 is 9.47 Å². The molecule has 0 bridgehead atoms. The minimum Gasteiger partial charge on any atom is -0.507 e. The molecule has 4 aromatic rings. The fourth-order valence-electron chi connectivity index (χ4n) is 3.14. The number of benzene rings is 3. The predicted octanol–water partition coefficient (Wildman–Crippen LogP) is 5.57. The van der Waals surface area contributed by atoms with Crippen molar-refractivity contribution < 1.29 is 19.0 Å². The maximum absolute atomic E-state index is 10.4. The van der Waals surface area contributed by atoms with Crippen molar-refractivity contribution in [1.29, 1.82) is 0 Å². The molecule has 1 aromatic heterocycles. The highest BCUT2D eigenvalue weighted by molar-refractivity contribution is 6.04. The van der Waals surface area contributed by atoms with Crippen LogP contribution in [-0.4, -0.2) is 25.5 Å². The number of rotatable bonds is 5. The Balaban J connectivity index is 1.88. The highest BCUT2D eigenvalue weighted by atomic mass is 16.5. The van der Waals surface area contributed by atoms with Crippen molar-refractivity contribution in [2.45, 2.75) is 0 Å². The van der Waals surface area contributed by atoms with Gasteiger partial charge in [-0.3, -0.25) is 0 Å². The van der Waals surface area contributed by atoms with E-state index < -0.39 is 0 Å². The molecule has 0 atom stereocenters. The average molecular weight is 373 g/mol. The van der Waals surface area contributed by atoms with Crippen molar-refractivity contribution in [2.75, 3.05) is 14.2 Å². The molecular formula is C23H19NO4. The lowest BCUT2D eigenvalue weighted by Crippen LogP contribution is -1.89. The summed E-state index contributed by atoms with van der Waals surface area (Å²) in [4.78, 5) is 4.57. The van der Waals surface area contributed by atoms with E-state index in [9.17, 15) is 5.11 Å². The number of nitrogens with zero attached hydrogens (tertiary/aromatic N) is 1. The SMILES string of the molecule is COc1ccc(-c2c(/N=C/c3ccccc3OC)oc3cccc(O)c23)cc1. The second-order valence-corrected chi connectivity index (χ2v) is 6.16. The Morgan fingerprint density at radius 3 is 2.43 bits per heavy atom. The molecule has 0 fully saturated rings. The number of para-hydroxylation sites is 1. The number of fused-ring (bicyclic) bond motifs is 1. The molecule has 5 heteroatoms. The van der Waals surface area contributed by atoms with E-state index in [1.165, 1.54) is 0 Å². The first-order chi connectivity index (χ1) is 13.7. The Kier molecular flexibility index (Phi) is 4.72. The Bertz CT molecular complexity index is 1140. The van der Waals surface area contributed by atoms with Crippen LogP contribution in [0.1, 0.15) is 5.56 Å². The lowest BCUT2D eigenvalue weighted by atomic mass is 10.0. The molecule has 0 aliphatic rings. The lowest BCUT2D eigenvalue weighted by Gasteiger charge is -2.05. The van der Waals surface area contributed by atoms with Crippen LogP contribution >= 0.6 is 0 Å². The normalized spacial score (nSPS) is 11.2. The molecule has 0 aliphatic heterocycles. The van der Waals surface area contributed by atoms with Crippen LogP contribution in [0.15, 0.2) is 76.1 Å². The monoisotopic (exact) mass is 373 g/mol. The number of furan rings is 1. The molecule has 0 radical (unpaired) electrons. The fourth-order valence-corrected chi connectivity index (χ4v) is 3.14. The summed E-state index contributed by atoms with van der Waals surface area (Å²) >= 11 is 0. The number of phenols is 1. The molecule has 140 valence electrons. The molecular weight excluding hydrogens is 354 g/mol. The minimum absolute atomic E-state index is 0.144. The van der Waals surface area contributed by atoms with Crippen LogP contribution in [0.25, 0.3) is 22.1 Å². The Morgan fingerprint density at radius 2 is 1.68 bits per heavy atom. The number of hydrogen-bond acceptors (Lipinski definition) is 5. The van der Waals surface area contributed by atoms with E-state index in [4.69, 9.17) is 13.9 Å². The van der Waals surface area contributed by atoms with E-state index >= 15 is 0 Å². The maximum atomic E-state index is 10.4. The van der Waals surface area contributed by atoms with Gasteiger partial charge >= 0.3 is 0 Å². The van der Waals surface area contributed by atoms with Gasteiger partial charge in [-0.15, -0.1) is 0 Å². The van der Waals surface area contributed by atoms with Gasteiger partial charge in [0, 0.05) is 11.8 Å². The molecule has 28 heavy (non-hydrogen) atoms. The second-order valence-electron chi connectivity index (χ2n) is 6.16. The van der Waals surface area contributed by atoms with E-state index in [0.29, 0.717) is 16.9 Å². The van der Waals surface area contributed by atoms with E-state index in [0.717, 1.165) is 28.2 Å². The van der Waals surface area contributed by atoms with E-state index in [2.05, 4.69) is 4.99 Å². The van der Waals surface area contributed by atoms with Crippen molar-refractivity contribution in [2.24, 2.45) is 4.99 Å². The van der Waals surface area contributed by atoms with E-state index in [-0.39, 0.29) is 5.75 Å². The van der Waals surface area contributed by atoms with Gasteiger partial charge in [0.25, 0.3) is 0 Å². The number of hydrogen-bond donors (Lipinski definition) is 1. The first kappa shape index (κ1) is 17.7. The Hall–Kier alpha value is -3.73. The van der Waals surface area contributed by atoms with E-state index in [1.807, 2.05) is 54.6 Å². The first-order valence-electron chi connectivity index (χ1n) is 8.77. The predicted molar refractivity (Wildman–Crippen MR) is 110 cm³/mol. The fraction of sp³-hybridized carbons (Fsp3) is 0.0870. The van der Waals surface area contributed by atoms with Crippen molar-refractivity contribution in [3.63, 3.8) is 0 Å². The summed E-state index contributed by atoms with van der Waals surface area (Å²) in [5.74, 6) is 2.02. The summed E-state index contributed by atoms with van der Waals surface area (Å²) in [5.41, 5.74) is 2.99. The van der Waals surface area contributed by atoms with Gasteiger partial charge in [-0.05, 0) is 42.0 Å². The molecule has 0 unspecified atom stereocenters. The lowest BCUT2D eigenvalue weighted by molar-refractivity contribution is 0.414. The zero-order valence-corrected chi connectivity index (χ0v) is 15.5. The summed E-state index contributed by atoms with van der Waals surface area (Å²) in [7, 11) is 3.24. The van der Waals surface area contributed by atoms with Gasteiger partial charge in [-0.1, -0.05) is 30.3 Å². The summed E-state index contributed by atoms with van der Waals surface area (Å²) in [6.07, 6.45) is 1.70. The summed E-state index contributed by atoms with van der Waals surface area (Å²) in [6, 6.07) is 20.3. The number of aliphatic imine (C=N–C) groups is 1. The first-order valence-corrected chi connectivity index (χ1v) is 8.77. The molecule has 0 spiro atoms. The third-order valence-corrected chi connectivity index (χ3v) is 4.51. The molecule has 0 saturated carbocycles. The smallest absolute Gasteiger partial charge is 0.228 e. The quantitative estimate of drug-likeness (QED) is 0.464. The molecule has 0 saturated heterocycles. The highest BCUT2D eigenvalue weighted by Crippen LogP contribution is 2.44. The number of phenolic OH excluding ortho intramolecular Hbond substituents is 1. The highest BCUT2D eigenvalue weighted by Gasteiger charge is 2.18. The van der Waals surface area contributed by atoms with Gasteiger partial charge in [0.05, 0.1) is 25.2 Å². The zero-order chi connectivity index (χ0) is 19.5. The van der Waals surface area contributed by atoms with Crippen molar-refractivity contribution in [1.82, 2.24) is 0 Å². The summed E-state index contributed by atoms with van der Waals surface area (Å²) in [5, 5.41) is 11.1. The maximum Gasteiger partial charge on any atom is 0.228 e. The van der Waals surface area contributed by atoms with Crippen LogP contribution in [-0.2, 0) is 0 Å². The average Bonchev–Trinajstić information content (AvgIpc) is 3.12. The van der Waals surface area contributed by atoms with Crippen LogP contribution in [0, 0.1) is 0 Å². The summed E-state index contributed by atoms with van der Waals surface area (Å²) < 4.78 is 16.6. The molecule has 0 aliphatic carbocycles.